The molecule has 3 nitrogen and oxygen atoms in total. The third kappa shape index (κ3) is 4.74. The number of esters is 1. The van der Waals surface area contributed by atoms with E-state index in [0.29, 0.717) is 11.3 Å². The lowest BCUT2D eigenvalue weighted by Crippen LogP contribution is -2.06. The van der Waals surface area contributed by atoms with Crippen LogP contribution in [0.5, 0.6) is 0 Å². The van der Waals surface area contributed by atoms with E-state index in [2.05, 4.69) is 4.98 Å². The van der Waals surface area contributed by atoms with Crippen molar-refractivity contribution in [3.8, 4) is 0 Å². The summed E-state index contributed by atoms with van der Waals surface area (Å²) in [6.45, 7) is 8.00. The minimum absolute atomic E-state index is 0.365. The van der Waals surface area contributed by atoms with Gasteiger partial charge < -0.3 is 4.74 Å². The Kier molecular flexibility index (Phi) is 8.16. The van der Waals surface area contributed by atoms with Crippen molar-refractivity contribution < 1.29 is 9.53 Å². The van der Waals surface area contributed by atoms with E-state index in [1.165, 1.54) is 0 Å². The molecule has 1 aromatic heterocycles. The second-order valence-electron chi connectivity index (χ2n) is 5.55. The maximum absolute atomic E-state index is 12.9. The minimum Gasteiger partial charge on any atom is -0.423 e. The Morgan fingerprint density at radius 3 is 2.04 bits per heavy atom. The van der Waals surface area contributed by atoms with Gasteiger partial charge in [-0.05, 0) is 30.7 Å². The molecular formula is C25H27NO2. The first-order valence-corrected chi connectivity index (χ1v) is 9.86. The van der Waals surface area contributed by atoms with Crippen molar-refractivity contribution in [2.75, 3.05) is 0 Å². The van der Waals surface area contributed by atoms with Crippen molar-refractivity contribution in [1.82, 2.24) is 4.98 Å². The van der Waals surface area contributed by atoms with Crippen LogP contribution in [-0.4, -0.2) is 11.0 Å². The van der Waals surface area contributed by atoms with Gasteiger partial charge in [0.25, 0.3) is 0 Å². The first kappa shape index (κ1) is 21.1. The topological polar surface area (TPSA) is 39.2 Å². The third-order valence-corrected chi connectivity index (χ3v) is 3.95. The Bertz CT molecular complexity index is 975. The average molecular weight is 373 g/mol. The van der Waals surface area contributed by atoms with Crippen LogP contribution in [0.1, 0.15) is 44.5 Å². The molecule has 1 aliphatic carbocycles. The number of carbonyl (C=O) groups is 1. The van der Waals surface area contributed by atoms with Gasteiger partial charge in [-0.3, -0.25) is 0 Å². The number of fused-ring (bicyclic) bond motifs is 2. The second kappa shape index (κ2) is 10.8. The van der Waals surface area contributed by atoms with Crippen molar-refractivity contribution in [3.63, 3.8) is 0 Å². The molecule has 0 N–H and O–H groups in total. The van der Waals surface area contributed by atoms with Crippen LogP contribution in [0.15, 0.2) is 84.7 Å². The number of para-hydroxylation sites is 2. The second-order valence-corrected chi connectivity index (χ2v) is 5.55. The quantitative estimate of drug-likeness (QED) is 0.359. The van der Waals surface area contributed by atoms with Gasteiger partial charge >= 0.3 is 5.97 Å². The van der Waals surface area contributed by atoms with E-state index in [1.54, 1.807) is 6.08 Å². The van der Waals surface area contributed by atoms with Gasteiger partial charge in [-0.2, -0.15) is 0 Å². The number of rotatable bonds is 2. The van der Waals surface area contributed by atoms with E-state index in [9.17, 15) is 4.79 Å². The number of benzene rings is 2. The van der Waals surface area contributed by atoms with E-state index in [0.717, 1.165) is 28.2 Å². The number of ether oxygens (including phenoxy) is 1. The number of nitrogens with zero attached hydrogens (tertiary/aromatic N) is 1. The monoisotopic (exact) mass is 373 g/mol. The number of hydrogen-bond acceptors (Lipinski definition) is 3. The predicted molar refractivity (Wildman–Crippen MR) is 118 cm³/mol. The lowest BCUT2D eigenvalue weighted by molar-refractivity contribution is 0.0641. The van der Waals surface area contributed by atoms with Gasteiger partial charge in [-0.15, -0.1) is 0 Å². The maximum atomic E-state index is 12.9. The Balaban J connectivity index is 0.000000660. The molecule has 3 aromatic rings. The molecule has 0 unspecified atom stereocenters. The number of hydrogen-bond donors (Lipinski definition) is 0. The van der Waals surface area contributed by atoms with Crippen molar-refractivity contribution >= 4 is 27.8 Å². The van der Waals surface area contributed by atoms with Crippen LogP contribution in [0.25, 0.3) is 21.8 Å². The summed E-state index contributed by atoms with van der Waals surface area (Å²) in [7, 11) is 0. The van der Waals surface area contributed by atoms with Gasteiger partial charge in [0, 0.05) is 10.8 Å². The van der Waals surface area contributed by atoms with E-state index >= 15 is 0 Å². The van der Waals surface area contributed by atoms with Crippen LogP contribution in [0.3, 0.4) is 0 Å². The van der Waals surface area contributed by atoms with Gasteiger partial charge in [0.1, 0.15) is 5.76 Å². The molecule has 0 fully saturated rings. The summed E-state index contributed by atoms with van der Waals surface area (Å²) >= 11 is 0. The van der Waals surface area contributed by atoms with Gasteiger partial charge in [-0.25, -0.2) is 9.78 Å². The molecule has 2 aromatic carbocycles. The number of carbonyl (C=O) groups excluding carboxylic acids is 1. The van der Waals surface area contributed by atoms with E-state index in [-0.39, 0.29) is 5.97 Å². The molecule has 0 saturated heterocycles. The summed E-state index contributed by atoms with van der Waals surface area (Å²) in [6.07, 6.45) is 10.3. The minimum atomic E-state index is -0.365. The van der Waals surface area contributed by atoms with Crippen molar-refractivity contribution in [2.24, 2.45) is 0 Å². The van der Waals surface area contributed by atoms with Crippen LogP contribution in [-0.2, 0) is 4.74 Å². The molecule has 0 aliphatic heterocycles. The van der Waals surface area contributed by atoms with Crippen LogP contribution in [0.2, 0.25) is 0 Å². The van der Waals surface area contributed by atoms with E-state index in [1.807, 2.05) is 101 Å². The molecule has 0 bridgehead atoms. The third-order valence-electron chi connectivity index (χ3n) is 3.95. The fraction of sp³-hybridized carbons (Fsp3) is 0.200. The Morgan fingerprint density at radius 2 is 1.43 bits per heavy atom. The smallest absolute Gasteiger partial charge is 0.344 e. The van der Waals surface area contributed by atoms with Crippen LogP contribution in [0, 0.1) is 0 Å². The van der Waals surface area contributed by atoms with Crippen LogP contribution >= 0.6 is 0 Å². The summed E-state index contributed by atoms with van der Waals surface area (Å²) in [4.78, 5) is 17.5. The molecule has 3 heteroatoms. The van der Waals surface area contributed by atoms with Crippen molar-refractivity contribution in [1.29, 1.82) is 0 Å². The van der Waals surface area contributed by atoms with Crippen LogP contribution in [0.4, 0.5) is 0 Å². The van der Waals surface area contributed by atoms with Gasteiger partial charge in [0.05, 0.1) is 16.6 Å². The number of pyridine rings is 1. The Hall–Kier alpha value is -3.20. The lowest BCUT2D eigenvalue weighted by atomic mass is 10.0. The molecule has 1 aliphatic rings. The van der Waals surface area contributed by atoms with Crippen LogP contribution < -0.4 is 0 Å². The van der Waals surface area contributed by atoms with E-state index < -0.39 is 0 Å². The molecule has 1 heterocycles. The first-order chi connectivity index (χ1) is 13.8. The van der Waals surface area contributed by atoms with Crippen molar-refractivity contribution in [3.05, 3.63) is 90.2 Å². The van der Waals surface area contributed by atoms with Crippen molar-refractivity contribution in [2.45, 2.75) is 34.1 Å². The number of aromatic nitrogens is 1. The zero-order chi connectivity index (χ0) is 20.4. The average Bonchev–Trinajstić information content (AvgIpc) is 3.03. The molecule has 4 rings (SSSR count). The Labute approximate surface area is 167 Å². The van der Waals surface area contributed by atoms with Gasteiger partial charge in [-0.1, -0.05) is 82.3 Å². The molecule has 144 valence electrons. The fourth-order valence-corrected chi connectivity index (χ4v) is 2.85. The van der Waals surface area contributed by atoms with Gasteiger partial charge in [0.15, 0.2) is 0 Å². The first-order valence-electron chi connectivity index (χ1n) is 9.86. The molecule has 0 amide bonds. The zero-order valence-electron chi connectivity index (χ0n) is 17.0. The fourth-order valence-electron chi connectivity index (χ4n) is 2.85. The lowest BCUT2D eigenvalue weighted by Gasteiger charge is -2.10. The summed E-state index contributed by atoms with van der Waals surface area (Å²) in [5.41, 5.74) is 2.13. The predicted octanol–water partition coefficient (Wildman–Crippen LogP) is 7.00. The highest BCUT2D eigenvalue weighted by Gasteiger charge is 2.18. The molecule has 0 atom stereocenters. The highest BCUT2D eigenvalue weighted by molar-refractivity contribution is 6.14. The maximum Gasteiger partial charge on any atom is 0.344 e. The summed E-state index contributed by atoms with van der Waals surface area (Å²) in [5, 5.41) is 1.60. The highest BCUT2D eigenvalue weighted by Crippen LogP contribution is 2.27. The summed E-state index contributed by atoms with van der Waals surface area (Å²) in [5.74, 6) is 0.176. The summed E-state index contributed by atoms with van der Waals surface area (Å²) in [6, 6.07) is 15.3. The molecule has 0 spiro atoms. The van der Waals surface area contributed by atoms with E-state index in [4.69, 9.17) is 4.74 Å². The summed E-state index contributed by atoms with van der Waals surface area (Å²) < 4.78 is 5.63. The molecule has 0 radical (unpaired) electrons. The SMILES string of the molecule is CC.CC.O=C(OC1=CC=CCC=C1)c1c2ccccc2nc2ccccc12. The molecule has 0 saturated carbocycles. The Morgan fingerprint density at radius 1 is 0.857 bits per heavy atom. The molecule has 28 heavy (non-hydrogen) atoms. The zero-order valence-corrected chi connectivity index (χ0v) is 17.0. The molecular weight excluding hydrogens is 346 g/mol. The largest absolute Gasteiger partial charge is 0.423 e. The normalized spacial score (nSPS) is 12.2. The number of allylic oxidation sites excluding steroid dienone is 5. The highest BCUT2D eigenvalue weighted by atomic mass is 16.5. The standard InChI is InChI=1S/C21H15NO2.2C2H6/c23-21(24-15-9-3-1-2-4-10-15)20-16-11-5-7-13-18(16)22-19-14-8-6-12-17(19)20;2*1-2/h1,3-14H,2H2;2*1-2H3. The van der Waals surface area contributed by atoms with Gasteiger partial charge in [0.2, 0.25) is 0 Å².